The number of anilines is 2. The van der Waals surface area contributed by atoms with Crippen molar-refractivity contribution >= 4 is 17.5 Å². The van der Waals surface area contributed by atoms with E-state index in [1.807, 2.05) is 0 Å². The van der Waals surface area contributed by atoms with Crippen molar-refractivity contribution in [2.24, 2.45) is 0 Å². The number of methoxy groups -OCH3 is 1. The van der Waals surface area contributed by atoms with Crippen LogP contribution in [0.15, 0.2) is 6.20 Å². The van der Waals surface area contributed by atoms with Crippen LogP contribution in [0.25, 0.3) is 0 Å². The number of carbonyl (C=O) groups excluding carboxylic acids is 1. The second-order valence-corrected chi connectivity index (χ2v) is 2.51. The Kier molecular flexibility index (Phi) is 1.73. The van der Waals surface area contributed by atoms with Crippen LogP contribution in [0.3, 0.4) is 0 Å². The zero-order valence-corrected chi connectivity index (χ0v) is 7.00. The first kappa shape index (κ1) is 7.78. The Hall–Kier alpha value is -1.85. The zero-order chi connectivity index (χ0) is 9.26. The minimum atomic E-state index is -0.130. The summed E-state index contributed by atoms with van der Waals surface area (Å²) in [4.78, 5) is 19.0. The lowest BCUT2D eigenvalue weighted by Crippen LogP contribution is -2.28. The lowest BCUT2D eigenvalue weighted by atomic mass is 10.4. The molecule has 0 radical (unpaired) electrons. The SMILES string of the molecule is COc1cnc2c(n1)NC(=O)CN2. The van der Waals surface area contributed by atoms with E-state index >= 15 is 0 Å². The summed E-state index contributed by atoms with van der Waals surface area (Å²) >= 11 is 0. The second-order valence-electron chi connectivity index (χ2n) is 2.51. The van der Waals surface area contributed by atoms with Crippen molar-refractivity contribution in [2.45, 2.75) is 0 Å². The van der Waals surface area contributed by atoms with Crippen LogP contribution in [0.1, 0.15) is 0 Å². The first-order valence-corrected chi connectivity index (χ1v) is 3.74. The molecule has 6 heteroatoms. The van der Waals surface area contributed by atoms with Gasteiger partial charge in [-0.15, -0.1) is 0 Å². The van der Waals surface area contributed by atoms with E-state index in [0.29, 0.717) is 17.5 Å². The topological polar surface area (TPSA) is 76.1 Å². The van der Waals surface area contributed by atoms with Crippen LogP contribution in [-0.2, 0) is 4.79 Å². The molecule has 0 unspecified atom stereocenters. The van der Waals surface area contributed by atoms with Gasteiger partial charge in [0, 0.05) is 0 Å². The first-order valence-electron chi connectivity index (χ1n) is 3.74. The van der Waals surface area contributed by atoms with Gasteiger partial charge in [0.15, 0.2) is 11.6 Å². The third kappa shape index (κ3) is 1.37. The molecule has 1 amide bonds. The molecule has 2 heterocycles. The van der Waals surface area contributed by atoms with Crippen LogP contribution in [-0.4, -0.2) is 29.5 Å². The second kappa shape index (κ2) is 2.89. The highest BCUT2D eigenvalue weighted by atomic mass is 16.5. The van der Waals surface area contributed by atoms with Crippen molar-refractivity contribution in [3.63, 3.8) is 0 Å². The smallest absolute Gasteiger partial charge is 0.244 e. The van der Waals surface area contributed by atoms with Crippen molar-refractivity contribution < 1.29 is 9.53 Å². The Balaban J connectivity index is 2.38. The summed E-state index contributed by atoms with van der Waals surface area (Å²) in [7, 11) is 1.49. The van der Waals surface area contributed by atoms with Gasteiger partial charge in [-0.3, -0.25) is 4.79 Å². The number of aromatic nitrogens is 2. The summed E-state index contributed by atoms with van der Waals surface area (Å²) in [6.07, 6.45) is 1.49. The molecular weight excluding hydrogens is 172 g/mol. The molecule has 1 aromatic heterocycles. The van der Waals surface area contributed by atoms with E-state index in [9.17, 15) is 4.79 Å². The number of amides is 1. The summed E-state index contributed by atoms with van der Waals surface area (Å²) in [6.45, 7) is 0.230. The van der Waals surface area contributed by atoms with Gasteiger partial charge in [0.05, 0.1) is 19.9 Å². The van der Waals surface area contributed by atoms with Gasteiger partial charge in [0.25, 0.3) is 0 Å². The molecule has 0 spiro atoms. The van der Waals surface area contributed by atoms with Gasteiger partial charge in [0.1, 0.15) is 0 Å². The highest BCUT2D eigenvalue weighted by Crippen LogP contribution is 2.21. The minimum Gasteiger partial charge on any atom is -0.480 e. The van der Waals surface area contributed by atoms with E-state index in [1.54, 1.807) is 0 Å². The van der Waals surface area contributed by atoms with E-state index in [1.165, 1.54) is 13.3 Å². The normalized spacial score (nSPS) is 14.1. The largest absolute Gasteiger partial charge is 0.480 e. The summed E-state index contributed by atoms with van der Waals surface area (Å²) in [5.74, 6) is 1.23. The van der Waals surface area contributed by atoms with Crippen LogP contribution in [0.5, 0.6) is 5.88 Å². The van der Waals surface area contributed by atoms with Gasteiger partial charge in [-0.05, 0) is 0 Å². The molecule has 1 aliphatic rings. The summed E-state index contributed by atoms with van der Waals surface area (Å²) in [5.41, 5.74) is 0. The van der Waals surface area contributed by atoms with E-state index in [-0.39, 0.29) is 12.5 Å². The number of fused-ring (bicyclic) bond motifs is 1. The van der Waals surface area contributed by atoms with Gasteiger partial charge >= 0.3 is 0 Å². The Morgan fingerprint density at radius 3 is 3.15 bits per heavy atom. The Morgan fingerprint density at radius 2 is 2.38 bits per heavy atom. The fourth-order valence-corrected chi connectivity index (χ4v) is 1.03. The number of nitrogens with zero attached hydrogens (tertiary/aromatic N) is 2. The first-order chi connectivity index (χ1) is 6.29. The molecule has 1 aliphatic heterocycles. The molecule has 0 aromatic carbocycles. The molecule has 68 valence electrons. The monoisotopic (exact) mass is 180 g/mol. The lowest BCUT2D eigenvalue weighted by molar-refractivity contribution is -0.114. The lowest BCUT2D eigenvalue weighted by Gasteiger charge is -2.16. The van der Waals surface area contributed by atoms with Gasteiger partial charge in [-0.2, -0.15) is 4.98 Å². The predicted octanol–water partition coefficient (Wildman–Crippen LogP) is -0.151. The average Bonchev–Trinajstić information content (AvgIpc) is 2.16. The number of hydrogen-bond acceptors (Lipinski definition) is 5. The fraction of sp³-hybridized carbons (Fsp3) is 0.286. The van der Waals surface area contributed by atoms with Gasteiger partial charge in [0.2, 0.25) is 11.8 Å². The fourth-order valence-electron chi connectivity index (χ4n) is 1.03. The average molecular weight is 180 g/mol. The number of carbonyl (C=O) groups is 1. The summed E-state index contributed by atoms with van der Waals surface area (Å²) in [6, 6.07) is 0. The maximum atomic E-state index is 10.9. The van der Waals surface area contributed by atoms with Crippen LogP contribution < -0.4 is 15.4 Å². The molecule has 1 aromatic rings. The zero-order valence-electron chi connectivity index (χ0n) is 7.00. The molecule has 0 saturated heterocycles. The van der Waals surface area contributed by atoms with Gasteiger partial charge in [-0.25, -0.2) is 4.98 Å². The third-order valence-corrected chi connectivity index (χ3v) is 1.63. The number of nitrogens with one attached hydrogen (secondary N) is 2. The van der Waals surface area contributed by atoms with E-state index < -0.39 is 0 Å². The summed E-state index contributed by atoms with van der Waals surface area (Å²) in [5, 5.41) is 5.40. The molecule has 2 rings (SSSR count). The summed E-state index contributed by atoms with van der Waals surface area (Å²) < 4.78 is 4.86. The Bertz CT molecular complexity index is 352. The Morgan fingerprint density at radius 1 is 1.54 bits per heavy atom. The minimum absolute atomic E-state index is 0.130. The van der Waals surface area contributed by atoms with E-state index in [2.05, 4.69) is 20.6 Å². The molecular formula is C7H8N4O2. The molecule has 0 aliphatic carbocycles. The molecule has 0 fully saturated rings. The van der Waals surface area contributed by atoms with Crippen molar-refractivity contribution in [1.29, 1.82) is 0 Å². The molecule has 0 bridgehead atoms. The number of rotatable bonds is 1. The van der Waals surface area contributed by atoms with Gasteiger partial charge < -0.3 is 15.4 Å². The highest BCUT2D eigenvalue weighted by Gasteiger charge is 2.16. The number of hydrogen-bond donors (Lipinski definition) is 2. The molecule has 0 saturated carbocycles. The standard InChI is InChI=1S/C7H8N4O2/c1-13-5-3-9-6-7(11-5)10-4(12)2-8-6/h3H,2H2,1H3,(H,8,9)(H,10,11,12). The maximum Gasteiger partial charge on any atom is 0.244 e. The van der Waals surface area contributed by atoms with E-state index in [4.69, 9.17) is 4.74 Å². The molecule has 2 N–H and O–H groups in total. The van der Waals surface area contributed by atoms with Crippen LogP contribution in [0, 0.1) is 0 Å². The van der Waals surface area contributed by atoms with Crippen molar-refractivity contribution in [1.82, 2.24) is 9.97 Å². The van der Waals surface area contributed by atoms with Gasteiger partial charge in [-0.1, -0.05) is 0 Å². The van der Waals surface area contributed by atoms with Crippen molar-refractivity contribution in [3.05, 3.63) is 6.20 Å². The van der Waals surface area contributed by atoms with Crippen LogP contribution in [0.4, 0.5) is 11.6 Å². The number of ether oxygens (including phenoxy) is 1. The van der Waals surface area contributed by atoms with Crippen LogP contribution >= 0.6 is 0 Å². The Labute approximate surface area is 74.3 Å². The quantitative estimate of drug-likeness (QED) is 0.628. The van der Waals surface area contributed by atoms with E-state index in [0.717, 1.165) is 0 Å². The predicted molar refractivity (Wildman–Crippen MR) is 45.7 cm³/mol. The highest BCUT2D eigenvalue weighted by molar-refractivity contribution is 5.98. The van der Waals surface area contributed by atoms with Crippen molar-refractivity contribution in [2.75, 3.05) is 24.3 Å². The maximum absolute atomic E-state index is 10.9. The molecule has 6 nitrogen and oxygen atoms in total. The molecule has 0 atom stereocenters. The van der Waals surface area contributed by atoms with Crippen molar-refractivity contribution in [3.8, 4) is 5.88 Å². The van der Waals surface area contributed by atoms with Crippen LogP contribution in [0.2, 0.25) is 0 Å². The third-order valence-electron chi connectivity index (χ3n) is 1.63. The molecule has 13 heavy (non-hydrogen) atoms.